The summed E-state index contributed by atoms with van der Waals surface area (Å²) in [5, 5.41) is 6.80. The number of thiocarbonyl (C=S) groups is 1. The van der Waals surface area contributed by atoms with Crippen LogP contribution < -0.4 is 15.5 Å². The van der Waals surface area contributed by atoms with E-state index in [1.807, 2.05) is 24.3 Å². The Morgan fingerprint density at radius 3 is 2.44 bits per heavy atom. The molecule has 0 saturated heterocycles. The van der Waals surface area contributed by atoms with Crippen LogP contribution in [0.3, 0.4) is 0 Å². The molecule has 0 aliphatic rings. The lowest BCUT2D eigenvalue weighted by Crippen LogP contribution is -2.29. The maximum absolute atomic E-state index is 11.2. The van der Waals surface area contributed by atoms with Crippen LogP contribution >= 0.6 is 12.2 Å². The van der Waals surface area contributed by atoms with Crippen molar-refractivity contribution in [2.45, 2.75) is 20.3 Å². The first-order valence-corrected chi connectivity index (χ1v) is 6.34. The van der Waals surface area contributed by atoms with Crippen molar-refractivity contribution in [3.63, 3.8) is 0 Å². The van der Waals surface area contributed by atoms with Gasteiger partial charge in [-0.05, 0) is 42.9 Å². The molecule has 4 nitrogen and oxygen atoms in total. The molecule has 0 aromatic heterocycles. The zero-order valence-electron chi connectivity index (χ0n) is 11.0. The van der Waals surface area contributed by atoms with E-state index in [-0.39, 0.29) is 5.91 Å². The Morgan fingerprint density at radius 1 is 1.33 bits per heavy atom. The second-order valence-electron chi connectivity index (χ2n) is 4.01. The predicted molar refractivity (Wildman–Crippen MR) is 80.0 cm³/mol. The molecule has 1 aromatic rings. The van der Waals surface area contributed by atoms with Crippen LogP contribution in [0, 0.1) is 0 Å². The first-order valence-electron chi connectivity index (χ1n) is 5.93. The molecule has 0 radical (unpaired) electrons. The van der Waals surface area contributed by atoms with E-state index in [1.54, 1.807) is 11.9 Å². The van der Waals surface area contributed by atoms with Crippen LogP contribution in [-0.2, 0) is 4.79 Å². The van der Waals surface area contributed by atoms with Gasteiger partial charge in [-0.1, -0.05) is 6.92 Å². The molecule has 5 heteroatoms. The summed E-state index contributed by atoms with van der Waals surface area (Å²) in [5.74, 6) is 0.0100. The van der Waals surface area contributed by atoms with Gasteiger partial charge in [-0.15, -0.1) is 0 Å². The second-order valence-corrected chi connectivity index (χ2v) is 4.41. The Labute approximate surface area is 113 Å². The number of anilines is 2. The Bertz CT molecular complexity index is 417. The van der Waals surface area contributed by atoms with E-state index in [9.17, 15) is 4.79 Å². The highest BCUT2D eigenvalue weighted by Crippen LogP contribution is 2.16. The topological polar surface area (TPSA) is 44.4 Å². The fourth-order valence-corrected chi connectivity index (χ4v) is 1.58. The van der Waals surface area contributed by atoms with Crippen LogP contribution in [0.15, 0.2) is 24.3 Å². The van der Waals surface area contributed by atoms with Crippen LogP contribution in [0.25, 0.3) is 0 Å². The highest BCUT2D eigenvalue weighted by atomic mass is 32.1. The zero-order chi connectivity index (χ0) is 13.5. The Morgan fingerprint density at radius 2 is 1.94 bits per heavy atom. The molecule has 0 spiro atoms. The van der Waals surface area contributed by atoms with Gasteiger partial charge in [-0.3, -0.25) is 4.79 Å². The van der Waals surface area contributed by atoms with Gasteiger partial charge in [-0.2, -0.15) is 0 Å². The molecule has 0 atom stereocenters. The van der Waals surface area contributed by atoms with E-state index in [0.717, 1.165) is 24.3 Å². The maximum Gasteiger partial charge on any atom is 0.223 e. The summed E-state index contributed by atoms with van der Waals surface area (Å²) in [4.78, 5) is 12.8. The van der Waals surface area contributed by atoms with Crippen LogP contribution in [0.1, 0.15) is 20.3 Å². The number of benzene rings is 1. The number of hydrogen-bond donors (Lipinski definition) is 2. The molecule has 18 heavy (non-hydrogen) atoms. The zero-order valence-corrected chi connectivity index (χ0v) is 11.8. The van der Waals surface area contributed by atoms with Gasteiger partial charge >= 0.3 is 0 Å². The molecule has 2 N–H and O–H groups in total. The average Bonchev–Trinajstić information content (AvgIpc) is 2.36. The maximum atomic E-state index is 11.2. The second kappa shape index (κ2) is 6.96. The minimum Gasteiger partial charge on any atom is -0.362 e. The lowest BCUT2D eigenvalue weighted by atomic mass is 10.2. The highest BCUT2D eigenvalue weighted by molar-refractivity contribution is 7.80. The van der Waals surface area contributed by atoms with Crippen molar-refractivity contribution < 1.29 is 4.79 Å². The normalized spacial score (nSPS) is 9.72. The van der Waals surface area contributed by atoms with E-state index in [4.69, 9.17) is 12.2 Å². The molecule has 0 aliphatic heterocycles. The summed E-state index contributed by atoms with van der Waals surface area (Å²) in [5.41, 5.74) is 1.77. The molecule has 0 unspecified atom stereocenters. The summed E-state index contributed by atoms with van der Waals surface area (Å²) in [6, 6.07) is 7.56. The number of rotatable bonds is 4. The van der Waals surface area contributed by atoms with Crippen molar-refractivity contribution in [1.82, 2.24) is 5.32 Å². The molecular weight excluding hydrogens is 246 g/mol. The van der Waals surface area contributed by atoms with E-state index in [2.05, 4.69) is 17.6 Å². The molecule has 0 bridgehead atoms. The highest BCUT2D eigenvalue weighted by Gasteiger charge is 2.05. The molecular formula is C13H19N3OS. The van der Waals surface area contributed by atoms with Crippen LogP contribution in [0.2, 0.25) is 0 Å². The quantitative estimate of drug-likeness (QED) is 0.820. The SMILES string of the molecule is CCCNC(=S)Nc1ccc(N(C)C(C)=O)cc1. The number of amides is 1. The van der Waals surface area contributed by atoms with Crippen LogP contribution in [0.4, 0.5) is 11.4 Å². The summed E-state index contributed by atoms with van der Waals surface area (Å²) in [6.45, 7) is 4.48. The van der Waals surface area contributed by atoms with Gasteiger partial charge in [-0.25, -0.2) is 0 Å². The molecule has 98 valence electrons. The van der Waals surface area contributed by atoms with Gasteiger partial charge < -0.3 is 15.5 Å². The van der Waals surface area contributed by atoms with E-state index < -0.39 is 0 Å². The van der Waals surface area contributed by atoms with Crippen LogP contribution in [-0.4, -0.2) is 24.6 Å². The summed E-state index contributed by atoms with van der Waals surface area (Å²) < 4.78 is 0. The molecule has 1 aromatic carbocycles. The van der Waals surface area contributed by atoms with Crippen LogP contribution in [0.5, 0.6) is 0 Å². The summed E-state index contributed by atoms with van der Waals surface area (Å²) in [6.07, 6.45) is 1.03. The first-order chi connectivity index (χ1) is 8.54. The lowest BCUT2D eigenvalue weighted by Gasteiger charge is -2.16. The number of carbonyl (C=O) groups is 1. The van der Waals surface area contributed by atoms with Gasteiger partial charge in [0.05, 0.1) is 0 Å². The fraction of sp³-hybridized carbons (Fsp3) is 0.385. The van der Waals surface area contributed by atoms with Crippen molar-refractivity contribution in [1.29, 1.82) is 0 Å². The Kier molecular flexibility index (Phi) is 5.58. The third kappa shape index (κ3) is 4.33. The smallest absolute Gasteiger partial charge is 0.223 e. The van der Waals surface area contributed by atoms with Gasteiger partial charge in [0.15, 0.2) is 5.11 Å². The van der Waals surface area contributed by atoms with Gasteiger partial charge in [0.1, 0.15) is 0 Å². The number of nitrogens with zero attached hydrogens (tertiary/aromatic N) is 1. The van der Waals surface area contributed by atoms with Crippen molar-refractivity contribution >= 4 is 34.6 Å². The average molecular weight is 265 g/mol. The van der Waals surface area contributed by atoms with Gasteiger partial charge in [0.25, 0.3) is 0 Å². The number of hydrogen-bond acceptors (Lipinski definition) is 2. The summed E-state index contributed by atoms with van der Waals surface area (Å²) >= 11 is 5.14. The molecule has 0 saturated carbocycles. The van der Waals surface area contributed by atoms with E-state index in [1.165, 1.54) is 6.92 Å². The number of carbonyl (C=O) groups excluding carboxylic acids is 1. The minimum atomic E-state index is 0.0100. The van der Waals surface area contributed by atoms with Crippen molar-refractivity contribution in [3.8, 4) is 0 Å². The lowest BCUT2D eigenvalue weighted by molar-refractivity contribution is -0.116. The van der Waals surface area contributed by atoms with Crippen molar-refractivity contribution in [3.05, 3.63) is 24.3 Å². The molecule has 0 aliphatic carbocycles. The molecule has 1 rings (SSSR count). The Hall–Kier alpha value is -1.62. The predicted octanol–water partition coefficient (Wildman–Crippen LogP) is 2.37. The summed E-state index contributed by atoms with van der Waals surface area (Å²) in [7, 11) is 1.75. The number of nitrogens with one attached hydrogen (secondary N) is 2. The Balaban J connectivity index is 2.60. The molecule has 0 fully saturated rings. The fourth-order valence-electron chi connectivity index (χ4n) is 1.36. The minimum absolute atomic E-state index is 0.0100. The first kappa shape index (κ1) is 14.4. The third-order valence-corrected chi connectivity index (χ3v) is 2.77. The van der Waals surface area contributed by atoms with Crippen molar-refractivity contribution in [2.75, 3.05) is 23.8 Å². The van der Waals surface area contributed by atoms with Crippen molar-refractivity contribution in [2.24, 2.45) is 0 Å². The third-order valence-electron chi connectivity index (χ3n) is 2.52. The van der Waals surface area contributed by atoms with E-state index >= 15 is 0 Å². The molecule has 1 amide bonds. The monoisotopic (exact) mass is 265 g/mol. The standard InChI is InChI=1S/C13H19N3OS/c1-4-9-14-13(18)15-11-5-7-12(8-6-11)16(3)10(2)17/h5-8H,4,9H2,1-3H3,(H2,14,15,18). The van der Waals surface area contributed by atoms with Gasteiger partial charge in [0.2, 0.25) is 5.91 Å². The molecule has 0 heterocycles. The van der Waals surface area contributed by atoms with Gasteiger partial charge in [0, 0.05) is 31.9 Å². The largest absolute Gasteiger partial charge is 0.362 e. The van der Waals surface area contributed by atoms with E-state index in [0.29, 0.717) is 5.11 Å².